The standard InChI is InChI=1S/C13H24BrI/c14-12-10-8-6-4-2-1-3-5-7-9-11-13-15/h9,11H,1-8,10,12-13H2. The predicted octanol–water partition coefficient (Wildman–Crippen LogP) is 5.88. The third-order valence-corrected chi connectivity index (χ3v) is 3.58. The van der Waals surface area contributed by atoms with Crippen LogP contribution in [-0.4, -0.2) is 9.76 Å². The Balaban J connectivity index is 2.89. The van der Waals surface area contributed by atoms with Crippen molar-refractivity contribution in [1.82, 2.24) is 0 Å². The van der Waals surface area contributed by atoms with E-state index in [1.165, 1.54) is 63.1 Å². The van der Waals surface area contributed by atoms with Crippen LogP contribution >= 0.6 is 38.5 Å². The first-order chi connectivity index (χ1) is 7.41. The Kier molecular flexibility index (Phi) is 15.9. The number of hydrogen-bond donors (Lipinski definition) is 0. The Morgan fingerprint density at radius 1 is 0.733 bits per heavy atom. The van der Waals surface area contributed by atoms with Crippen molar-refractivity contribution in [2.75, 3.05) is 9.76 Å². The maximum Gasteiger partial charge on any atom is 0.0175 e. The van der Waals surface area contributed by atoms with Crippen LogP contribution in [0.4, 0.5) is 0 Å². The van der Waals surface area contributed by atoms with E-state index < -0.39 is 0 Å². The average molecular weight is 387 g/mol. The van der Waals surface area contributed by atoms with E-state index in [1.54, 1.807) is 0 Å². The van der Waals surface area contributed by atoms with Crippen molar-refractivity contribution < 1.29 is 0 Å². The van der Waals surface area contributed by atoms with E-state index in [4.69, 9.17) is 0 Å². The van der Waals surface area contributed by atoms with Crippen LogP contribution in [-0.2, 0) is 0 Å². The largest absolute Gasteiger partial charge is 0.0928 e. The number of rotatable bonds is 11. The highest BCUT2D eigenvalue weighted by atomic mass is 127. The summed E-state index contributed by atoms with van der Waals surface area (Å²) in [5.41, 5.74) is 0. The zero-order valence-corrected chi connectivity index (χ0v) is 13.4. The molecule has 0 aromatic rings. The van der Waals surface area contributed by atoms with E-state index >= 15 is 0 Å². The van der Waals surface area contributed by atoms with Gasteiger partial charge in [-0.2, -0.15) is 0 Å². The molecule has 0 rings (SSSR count). The minimum Gasteiger partial charge on any atom is -0.0928 e. The van der Waals surface area contributed by atoms with Gasteiger partial charge in [0, 0.05) is 9.76 Å². The van der Waals surface area contributed by atoms with Gasteiger partial charge in [-0.3, -0.25) is 0 Å². The lowest BCUT2D eigenvalue weighted by molar-refractivity contribution is 0.579. The molecule has 0 aliphatic rings. The lowest BCUT2D eigenvalue weighted by atomic mass is 10.1. The lowest BCUT2D eigenvalue weighted by Gasteiger charge is -2.00. The maximum absolute atomic E-state index is 3.47. The number of alkyl halides is 2. The molecule has 2 heteroatoms. The molecule has 0 aliphatic heterocycles. The quantitative estimate of drug-likeness (QED) is 0.180. The van der Waals surface area contributed by atoms with Crippen molar-refractivity contribution in [3.63, 3.8) is 0 Å². The molecule has 0 unspecified atom stereocenters. The van der Waals surface area contributed by atoms with Crippen molar-refractivity contribution in [3.8, 4) is 0 Å². The van der Waals surface area contributed by atoms with Crippen LogP contribution in [0.1, 0.15) is 57.8 Å². The van der Waals surface area contributed by atoms with Gasteiger partial charge in [-0.15, -0.1) is 0 Å². The summed E-state index contributed by atoms with van der Waals surface area (Å²) in [6.45, 7) is 0. The van der Waals surface area contributed by atoms with Crippen LogP contribution in [0.25, 0.3) is 0 Å². The van der Waals surface area contributed by atoms with Gasteiger partial charge in [0.15, 0.2) is 0 Å². The van der Waals surface area contributed by atoms with Crippen molar-refractivity contribution >= 4 is 38.5 Å². The molecule has 0 atom stereocenters. The summed E-state index contributed by atoms with van der Waals surface area (Å²) in [4.78, 5) is 0. The summed E-state index contributed by atoms with van der Waals surface area (Å²) in [6.07, 6.45) is 17.2. The Morgan fingerprint density at radius 3 is 1.80 bits per heavy atom. The van der Waals surface area contributed by atoms with Crippen LogP contribution in [0.5, 0.6) is 0 Å². The van der Waals surface area contributed by atoms with Crippen molar-refractivity contribution in [2.45, 2.75) is 57.8 Å². The first kappa shape index (κ1) is 16.0. The summed E-state index contributed by atoms with van der Waals surface area (Å²) >= 11 is 5.85. The lowest BCUT2D eigenvalue weighted by Crippen LogP contribution is -1.81. The highest BCUT2D eigenvalue weighted by molar-refractivity contribution is 14.1. The van der Waals surface area contributed by atoms with Crippen LogP contribution in [0, 0.1) is 0 Å². The fourth-order valence-corrected chi connectivity index (χ4v) is 2.35. The van der Waals surface area contributed by atoms with Gasteiger partial charge < -0.3 is 0 Å². The maximum atomic E-state index is 3.47. The summed E-state index contributed by atoms with van der Waals surface area (Å²) in [6, 6.07) is 0. The SMILES string of the molecule is BrCCCCCCCCCCC=CCI. The van der Waals surface area contributed by atoms with E-state index in [-0.39, 0.29) is 0 Å². The van der Waals surface area contributed by atoms with Gasteiger partial charge in [0.1, 0.15) is 0 Å². The van der Waals surface area contributed by atoms with Gasteiger partial charge in [0.2, 0.25) is 0 Å². The number of unbranched alkanes of at least 4 members (excludes halogenated alkanes) is 8. The van der Waals surface area contributed by atoms with Gasteiger partial charge >= 0.3 is 0 Å². The first-order valence-electron chi connectivity index (χ1n) is 6.18. The molecule has 0 spiro atoms. The molecule has 0 nitrogen and oxygen atoms in total. The van der Waals surface area contributed by atoms with Crippen LogP contribution in [0.3, 0.4) is 0 Å². The minimum absolute atomic E-state index is 1.16. The van der Waals surface area contributed by atoms with Crippen molar-refractivity contribution in [2.24, 2.45) is 0 Å². The summed E-state index contributed by atoms with van der Waals surface area (Å²) in [5.74, 6) is 0. The van der Waals surface area contributed by atoms with Gasteiger partial charge in [0.05, 0.1) is 0 Å². The average Bonchev–Trinajstić information content (AvgIpc) is 2.26. The molecule has 0 heterocycles. The third kappa shape index (κ3) is 14.9. The fourth-order valence-electron chi connectivity index (χ4n) is 1.60. The molecule has 0 saturated heterocycles. The van der Waals surface area contributed by atoms with E-state index in [1.807, 2.05) is 0 Å². The molecule has 0 saturated carbocycles. The van der Waals surface area contributed by atoms with E-state index in [0.717, 1.165) is 4.43 Å². The summed E-state index contributed by atoms with van der Waals surface area (Å²) in [7, 11) is 0. The van der Waals surface area contributed by atoms with Gasteiger partial charge in [-0.25, -0.2) is 0 Å². The summed E-state index contributed by atoms with van der Waals surface area (Å²) < 4.78 is 1.16. The van der Waals surface area contributed by atoms with Crippen LogP contribution in [0.2, 0.25) is 0 Å². The summed E-state index contributed by atoms with van der Waals surface area (Å²) in [5, 5.41) is 1.18. The van der Waals surface area contributed by atoms with Crippen molar-refractivity contribution in [1.29, 1.82) is 0 Å². The minimum atomic E-state index is 1.16. The smallest absolute Gasteiger partial charge is 0.0175 e. The molecule has 0 bridgehead atoms. The molecule has 15 heavy (non-hydrogen) atoms. The second kappa shape index (κ2) is 14.9. The molecular formula is C13H24BrI. The number of halogens is 2. The zero-order valence-electron chi connectivity index (χ0n) is 9.69. The second-order valence-corrected chi connectivity index (χ2v) is 5.61. The van der Waals surface area contributed by atoms with Gasteiger partial charge in [-0.1, -0.05) is 89.2 Å². The highest BCUT2D eigenvalue weighted by Crippen LogP contribution is 2.10. The van der Waals surface area contributed by atoms with E-state index in [0.29, 0.717) is 0 Å². The molecule has 0 radical (unpaired) electrons. The fraction of sp³-hybridized carbons (Fsp3) is 0.846. The molecule has 0 aromatic carbocycles. The normalized spacial score (nSPS) is 11.3. The van der Waals surface area contributed by atoms with E-state index in [9.17, 15) is 0 Å². The number of allylic oxidation sites excluding steroid dienone is 2. The molecule has 0 fully saturated rings. The van der Waals surface area contributed by atoms with Crippen LogP contribution < -0.4 is 0 Å². The predicted molar refractivity (Wildman–Crippen MR) is 83.4 cm³/mol. The molecule has 0 amide bonds. The second-order valence-electron chi connectivity index (χ2n) is 3.93. The third-order valence-electron chi connectivity index (χ3n) is 2.51. The molecule has 0 aliphatic carbocycles. The molecule has 90 valence electrons. The van der Waals surface area contributed by atoms with Crippen LogP contribution in [0.15, 0.2) is 12.2 Å². The number of hydrogen-bond acceptors (Lipinski definition) is 0. The Hall–Kier alpha value is 0.950. The highest BCUT2D eigenvalue weighted by Gasteiger charge is 1.91. The first-order valence-corrected chi connectivity index (χ1v) is 8.83. The zero-order chi connectivity index (χ0) is 11.2. The molecule has 0 aromatic heterocycles. The van der Waals surface area contributed by atoms with Gasteiger partial charge in [0.25, 0.3) is 0 Å². The molecule has 0 N–H and O–H groups in total. The monoisotopic (exact) mass is 386 g/mol. The Bertz CT molecular complexity index is 134. The topological polar surface area (TPSA) is 0 Å². The van der Waals surface area contributed by atoms with Crippen molar-refractivity contribution in [3.05, 3.63) is 12.2 Å². The Morgan fingerprint density at radius 2 is 1.27 bits per heavy atom. The van der Waals surface area contributed by atoms with E-state index in [2.05, 4.69) is 50.7 Å². The molecular weight excluding hydrogens is 363 g/mol. The van der Waals surface area contributed by atoms with Gasteiger partial charge in [-0.05, 0) is 19.3 Å². The Labute approximate surface area is 118 Å².